The Balaban J connectivity index is 2.59. The molecule has 0 N–H and O–H groups in total. The molecule has 0 aliphatic heterocycles. The Kier molecular flexibility index (Phi) is 6.36. The molecule has 0 amide bonds. The monoisotopic (exact) mass is 265 g/mol. The highest BCUT2D eigenvalue weighted by molar-refractivity contribution is 5.69. The zero-order valence-electron chi connectivity index (χ0n) is 12.2. The van der Waals surface area contributed by atoms with Crippen LogP contribution in [0.5, 0.6) is 5.75 Å². The second-order valence-corrected chi connectivity index (χ2v) is 4.56. The lowest BCUT2D eigenvalue weighted by atomic mass is 10.1. The molecular weight excluding hydrogens is 242 g/mol. The number of benzene rings is 1. The quantitative estimate of drug-likeness (QED) is 0.709. The maximum Gasteiger partial charge on any atom is 0.306 e. The Bertz CT molecular complexity index is 418. The largest absolute Gasteiger partial charge is 0.496 e. The summed E-state index contributed by atoms with van der Waals surface area (Å²) < 4.78 is 9.95. The molecule has 0 aliphatic carbocycles. The molecule has 0 unspecified atom stereocenters. The molecule has 1 rings (SSSR count). The van der Waals surface area contributed by atoms with Crippen molar-refractivity contribution in [3.63, 3.8) is 0 Å². The molecule has 19 heavy (non-hydrogen) atoms. The van der Waals surface area contributed by atoms with Gasteiger partial charge in [0.15, 0.2) is 0 Å². The number of nitrogens with zero attached hydrogens (tertiary/aromatic N) is 1. The maximum absolute atomic E-state index is 11.1. The summed E-state index contributed by atoms with van der Waals surface area (Å²) in [5.74, 6) is 0.763. The van der Waals surface area contributed by atoms with Crippen molar-refractivity contribution in [2.24, 2.45) is 0 Å². The summed E-state index contributed by atoms with van der Waals surface area (Å²) in [7, 11) is 5.11. The molecule has 0 radical (unpaired) electrons. The van der Waals surface area contributed by atoms with Crippen molar-refractivity contribution in [2.75, 3.05) is 27.8 Å². The van der Waals surface area contributed by atoms with Crippen LogP contribution in [0.4, 0.5) is 0 Å². The molecule has 0 aromatic heterocycles. The first-order valence-corrected chi connectivity index (χ1v) is 6.51. The van der Waals surface area contributed by atoms with Crippen LogP contribution in [0.25, 0.3) is 0 Å². The zero-order valence-corrected chi connectivity index (χ0v) is 12.2. The van der Waals surface area contributed by atoms with Crippen molar-refractivity contribution in [1.29, 1.82) is 0 Å². The van der Waals surface area contributed by atoms with Gasteiger partial charge in [-0.3, -0.25) is 4.79 Å². The summed E-state index contributed by atoms with van der Waals surface area (Å²) in [6, 6.07) is 6.22. The normalized spacial score (nSPS) is 10.6. The second-order valence-electron chi connectivity index (χ2n) is 4.56. The fraction of sp³-hybridized carbons (Fsp3) is 0.533. The van der Waals surface area contributed by atoms with Gasteiger partial charge in [-0.05, 0) is 30.7 Å². The first-order chi connectivity index (χ1) is 9.10. The fourth-order valence-electron chi connectivity index (χ4n) is 1.98. The van der Waals surface area contributed by atoms with Gasteiger partial charge < -0.3 is 14.4 Å². The summed E-state index contributed by atoms with van der Waals surface area (Å²) in [6.07, 6.45) is 1.37. The third-order valence-corrected chi connectivity index (χ3v) is 3.10. The number of carbonyl (C=O) groups excluding carboxylic acids is 1. The summed E-state index contributed by atoms with van der Waals surface area (Å²) in [6.45, 7) is 3.62. The third-order valence-electron chi connectivity index (χ3n) is 3.10. The van der Waals surface area contributed by atoms with E-state index in [-0.39, 0.29) is 5.97 Å². The topological polar surface area (TPSA) is 38.8 Å². The number of esters is 1. The Labute approximate surface area is 115 Å². The number of methoxy groups -OCH3 is 2. The molecule has 0 aliphatic rings. The number of ether oxygens (including phenoxy) is 2. The van der Waals surface area contributed by atoms with Crippen molar-refractivity contribution in [1.82, 2.24) is 4.90 Å². The average molecular weight is 265 g/mol. The predicted molar refractivity (Wildman–Crippen MR) is 75.3 cm³/mol. The minimum atomic E-state index is -0.171. The van der Waals surface area contributed by atoms with Crippen molar-refractivity contribution >= 4 is 5.97 Å². The number of aryl methyl sites for hydroxylation is 1. The van der Waals surface area contributed by atoms with Gasteiger partial charge in [0.25, 0.3) is 0 Å². The van der Waals surface area contributed by atoms with Crippen LogP contribution in [-0.2, 0) is 22.5 Å². The highest BCUT2D eigenvalue weighted by Gasteiger charge is 2.07. The van der Waals surface area contributed by atoms with Crippen LogP contribution in [0.2, 0.25) is 0 Å². The second kappa shape index (κ2) is 7.79. The van der Waals surface area contributed by atoms with Crippen LogP contribution >= 0.6 is 0 Å². The lowest BCUT2D eigenvalue weighted by molar-refractivity contribution is -0.140. The Morgan fingerprint density at radius 1 is 1.32 bits per heavy atom. The number of rotatable bonds is 7. The molecule has 1 aromatic rings. The lowest BCUT2D eigenvalue weighted by Crippen LogP contribution is -2.21. The van der Waals surface area contributed by atoms with E-state index in [1.54, 1.807) is 7.11 Å². The predicted octanol–water partition coefficient (Wildman–Crippen LogP) is 2.25. The minimum Gasteiger partial charge on any atom is -0.496 e. The zero-order chi connectivity index (χ0) is 14.3. The average Bonchev–Trinajstić information content (AvgIpc) is 2.44. The molecular formula is C15H23NO3. The third kappa shape index (κ3) is 4.91. The summed E-state index contributed by atoms with van der Waals surface area (Å²) in [4.78, 5) is 13.2. The van der Waals surface area contributed by atoms with Gasteiger partial charge in [0.05, 0.1) is 20.6 Å². The van der Waals surface area contributed by atoms with Crippen LogP contribution < -0.4 is 4.74 Å². The summed E-state index contributed by atoms with van der Waals surface area (Å²) in [5.41, 5.74) is 2.44. The molecule has 0 saturated carbocycles. The molecule has 4 nitrogen and oxygen atoms in total. The fourth-order valence-corrected chi connectivity index (χ4v) is 1.98. The van der Waals surface area contributed by atoms with Gasteiger partial charge in [0.2, 0.25) is 0 Å². The Morgan fingerprint density at radius 2 is 2.05 bits per heavy atom. The molecule has 0 saturated heterocycles. The van der Waals surface area contributed by atoms with Gasteiger partial charge in [-0.1, -0.05) is 19.1 Å². The lowest BCUT2D eigenvalue weighted by Gasteiger charge is -2.17. The van der Waals surface area contributed by atoms with Crippen LogP contribution in [0.1, 0.15) is 24.5 Å². The summed E-state index contributed by atoms with van der Waals surface area (Å²) in [5, 5.41) is 0. The first-order valence-electron chi connectivity index (χ1n) is 6.51. The molecule has 0 heterocycles. The Morgan fingerprint density at radius 3 is 2.63 bits per heavy atom. The van der Waals surface area contributed by atoms with E-state index in [2.05, 4.69) is 28.7 Å². The van der Waals surface area contributed by atoms with E-state index in [0.717, 1.165) is 18.7 Å². The van der Waals surface area contributed by atoms with E-state index >= 15 is 0 Å². The van der Waals surface area contributed by atoms with Crippen LogP contribution in [0.3, 0.4) is 0 Å². The van der Waals surface area contributed by atoms with Crippen molar-refractivity contribution in [3.8, 4) is 5.75 Å². The minimum absolute atomic E-state index is 0.171. The molecule has 4 heteroatoms. The van der Waals surface area contributed by atoms with Crippen LogP contribution in [0.15, 0.2) is 18.2 Å². The van der Waals surface area contributed by atoms with E-state index in [9.17, 15) is 4.79 Å². The highest BCUT2D eigenvalue weighted by atomic mass is 16.5. The van der Waals surface area contributed by atoms with Crippen molar-refractivity contribution in [3.05, 3.63) is 29.3 Å². The van der Waals surface area contributed by atoms with Crippen LogP contribution in [-0.4, -0.2) is 38.7 Å². The summed E-state index contributed by atoms with van der Waals surface area (Å²) >= 11 is 0. The number of carbonyl (C=O) groups is 1. The smallest absolute Gasteiger partial charge is 0.306 e. The van der Waals surface area contributed by atoms with Gasteiger partial charge in [-0.15, -0.1) is 0 Å². The van der Waals surface area contributed by atoms with Crippen molar-refractivity contribution < 1.29 is 14.3 Å². The number of hydrogen-bond donors (Lipinski definition) is 0. The standard InChI is InChI=1S/C15H23NO3/c1-5-13-10-12(6-7-14(13)18-3)11-16(2)9-8-15(17)19-4/h6-7,10H,5,8-9,11H2,1-4H3. The maximum atomic E-state index is 11.1. The Hall–Kier alpha value is -1.55. The van der Waals surface area contributed by atoms with E-state index in [1.807, 2.05) is 13.1 Å². The van der Waals surface area contributed by atoms with E-state index < -0.39 is 0 Å². The van der Waals surface area contributed by atoms with Gasteiger partial charge in [-0.2, -0.15) is 0 Å². The van der Waals surface area contributed by atoms with E-state index in [0.29, 0.717) is 13.0 Å². The molecule has 1 aromatic carbocycles. The van der Waals surface area contributed by atoms with Gasteiger partial charge in [0.1, 0.15) is 5.75 Å². The first kappa shape index (κ1) is 15.5. The molecule has 0 atom stereocenters. The molecule has 0 fully saturated rings. The van der Waals surface area contributed by atoms with Crippen LogP contribution in [0, 0.1) is 0 Å². The van der Waals surface area contributed by atoms with E-state index in [4.69, 9.17) is 4.74 Å². The van der Waals surface area contributed by atoms with Crippen molar-refractivity contribution in [2.45, 2.75) is 26.3 Å². The van der Waals surface area contributed by atoms with E-state index in [1.165, 1.54) is 18.2 Å². The van der Waals surface area contributed by atoms with Gasteiger partial charge >= 0.3 is 5.97 Å². The molecule has 106 valence electrons. The highest BCUT2D eigenvalue weighted by Crippen LogP contribution is 2.21. The van der Waals surface area contributed by atoms with Gasteiger partial charge in [-0.25, -0.2) is 0 Å². The molecule has 0 spiro atoms. The SMILES string of the molecule is CCc1cc(CN(C)CCC(=O)OC)ccc1OC. The molecule has 0 bridgehead atoms. The van der Waals surface area contributed by atoms with Gasteiger partial charge in [0, 0.05) is 13.1 Å². The number of hydrogen-bond acceptors (Lipinski definition) is 4.